The molecule has 0 saturated carbocycles. The van der Waals surface area contributed by atoms with Crippen molar-refractivity contribution in [1.29, 1.82) is 0 Å². The molecule has 8 heteroatoms. The first-order chi connectivity index (χ1) is 12.9. The van der Waals surface area contributed by atoms with Gasteiger partial charge in [-0.25, -0.2) is 0 Å². The van der Waals surface area contributed by atoms with E-state index in [4.69, 9.17) is 9.15 Å². The van der Waals surface area contributed by atoms with Crippen LogP contribution in [0.15, 0.2) is 39.4 Å². The lowest BCUT2D eigenvalue weighted by Crippen LogP contribution is -2.25. The third-order valence-electron chi connectivity index (χ3n) is 3.96. The van der Waals surface area contributed by atoms with Crippen molar-refractivity contribution in [1.82, 2.24) is 5.32 Å². The number of anilines is 1. The number of esters is 1. The monoisotopic (exact) mass is 436 g/mol. The van der Waals surface area contributed by atoms with Crippen molar-refractivity contribution in [3.05, 3.63) is 51.9 Å². The average molecular weight is 437 g/mol. The summed E-state index contributed by atoms with van der Waals surface area (Å²) in [5, 5.41) is 5.34. The summed E-state index contributed by atoms with van der Waals surface area (Å²) in [5.74, 6) is -0.715. The van der Waals surface area contributed by atoms with E-state index < -0.39 is 18.5 Å². The van der Waals surface area contributed by atoms with Gasteiger partial charge in [0.2, 0.25) is 5.91 Å². The van der Waals surface area contributed by atoms with Gasteiger partial charge >= 0.3 is 5.97 Å². The molecule has 0 aliphatic heterocycles. The molecule has 1 aromatic heterocycles. The minimum Gasteiger partial charge on any atom is -0.467 e. The lowest BCUT2D eigenvalue weighted by Gasteiger charge is -2.12. The Labute approximate surface area is 165 Å². The molecule has 0 aliphatic rings. The molecule has 144 valence electrons. The van der Waals surface area contributed by atoms with Crippen LogP contribution in [0, 0.1) is 13.8 Å². The van der Waals surface area contributed by atoms with Crippen LogP contribution in [0.25, 0.3) is 0 Å². The summed E-state index contributed by atoms with van der Waals surface area (Å²) < 4.78 is 11.0. The summed E-state index contributed by atoms with van der Waals surface area (Å²) in [6.45, 7) is 3.69. The van der Waals surface area contributed by atoms with E-state index in [9.17, 15) is 14.4 Å². The molecule has 0 atom stereocenters. The number of ether oxygens (including phenoxy) is 1. The average Bonchev–Trinajstić information content (AvgIpc) is 3.17. The second kappa shape index (κ2) is 9.91. The zero-order valence-electron chi connectivity index (χ0n) is 15.1. The lowest BCUT2D eigenvalue weighted by molar-refractivity contribution is -0.148. The standard InChI is InChI=1S/C19H21BrN2O5/c1-12-13(2)16(6-5-15(12)20)22-18(24)11-27-19(25)8-7-17(23)21-10-14-4-3-9-26-14/h3-6,9H,7-8,10-11H2,1-2H3,(H,21,23)(H,22,24). The van der Waals surface area contributed by atoms with E-state index in [1.807, 2.05) is 19.9 Å². The summed E-state index contributed by atoms with van der Waals surface area (Å²) in [6, 6.07) is 7.07. The van der Waals surface area contributed by atoms with Gasteiger partial charge in [0.15, 0.2) is 6.61 Å². The fourth-order valence-electron chi connectivity index (χ4n) is 2.23. The highest BCUT2D eigenvalue weighted by Crippen LogP contribution is 2.25. The summed E-state index contributed by atoms with van der Waals surface area (Å²) in [5.41, 5.74) is 2.61. The summed E-state index contributed by atoms with van der Waals surface area (Å²) >= 11 is 3.43. The number of benzene rings is 1. The zero-order chi connectivity index (χ0) is 19.8. The van der Waals surface area contributed by atoms with Crippen LogP contribution < -0.4 is 10.6 Å². The Morgan fingerprint density at radius 1 is 1.07 bits per heavy atom. The van der Waals surface area contributed by atoms with E-state index in [-0.39, 0.29) is 25.3 Å². The van der Waals surface area contributed by atoms with Gasteiger partial charge in [0, 0.05) is 16.6 Å². The van der Waals surface area contributed by atoms with Gasteiger partial charge < -0.3 is 19.8 Å². The Hall–Kier alpha value is -2.61. The van der Waals surface area contributed by atoms with Crippen molar-refractivity contribution in [3.63, 3.8) is 0 Å². The van der Waals surface area contributed by atoms with Crippen LogP contribution >= 0.6 is 15.9 Å². The Kier molecular flexibility index (Phi) is 7.60. The molecule has 1 aromatic carbocycles. The molecule has 0 saturated heterocycles. The second-order valence-electron chi connectivity index (χ2n) is 5.91. The number of hydrogen-bond donors (Lipinski definition) is 2. The van der Waals surface area contributed by atoms with Gasteiger partial charge in [0.05, 0.1) is 19.2 Å². The fourth-order valence-corrected chi connectivity index (χ4v) is 2.66. The molecule has 0 radical (unpaired) electrons. The topological polar surface area (TPSA) is 97.6 Å². The summed E-state index contributed by atoms with van der Waals surface area (Å²) in [7, 11) is 0. The second-order valence-corrected chi connectivity index (χ2v) is 6.76. The maximum Gasteiger partial charge on any atom is 0.306 e. The Balaban J connectivity index is 1.68. The van der Waals surface area contributed by atoms with E-state index in [1.165, 1.54) is 6.26 Å². The first kappa shape index (κ1) is 20.7. The van der Waals surface area contributed by atoms with E-state index in [0.29, 0.717) is 11.4 Å². The lowest BCUT2D eigenvalue weighted by atomic mass is 10.1. The van der Waals surface area contributed by atoms with Crippen molar-refractivity contribution >= 4 is 39.4 Å². The largest absolute Gasteiger partial charge is 0.467 e. The van der Waals surface area contributed by atoms with Gasteiger partial charge in [-0.1, -0.05) is 15.9 Å². The van der Waals surface area contributed by atoms with E-state index in [2.05, 4.69) is 26.6 Å². The SMILES string of the molecule is Cc1c(Br)ccc(NC(=O)COC(=O)CCC(=O)NCc2ccco2)c1C. The Bertz CT molecular complexity index is 818. The highest BCUT2D eigenvalue weighted by atomic mass is 79.9. The van der Waals surface area contributed by atoms with Crippen molar-refractivity contribution in [2.75, 3.05) is 11.9 Å². The highest BCUT2D eigenvalue weighted by Gasteiger charge is 2.12. The first-order valence-electron chi connectivity index (χ1n) is 8.37. The van der Waals surface area contributed by atoms with Crippen LogP contribution in [0.4, 0.5) is 5.69 Å². The van der Waals surface area contributed by atoms with Gasteiger partial charge in [-0.15, -0.1) is 0 Å². The fraction of sp³-hybridized carbons (Fsp3) is 0.316. The Morgan fingerprint density at radius 3 is 2.56 bits per heavy atom. The van der Waals surface area contributed by atoms with Crippen LogP contribution in [0.1, 0.15) is 29.7 Å². The van der Waals surface area contributed by atoms with Crippen molar-refractivity contribution in [2.45, 2.75) is 33.2 Å². The molecule has 0 aliphatic carbocycles. The number of amides is 2. The maximum atomic E-state index is 11.9. The van der Waals surface area contributed by atoms with E-state index in [1.54, 1.807) is 18.2 Å². The summed E-state index contributed by atoms with van der Waals surface area (Å²) in [6.07, 6.45) is 1.39. The molecular weight excluding hydrogens is 416 g/mol. The first-order valence-corrected chi connectivity index (χ1v) is 9.16. The van der Waals surface area contributed by atoms with Crippen molar-refractivity contribution in [2.24, 2.45) is 0 Å². The van der Waals surface area contributed by atoms with Gasteiger partial charge in [0.1, 0.15) is 5.76 Å². The number of carbonyl (C=O) groups is 3. The summed E-state index contributed by atoms with van der Waals surface area (Å²) in [4.78, 5) is 35.3. The van der Waals surface area contributed by atoms with Gasteiger partial charge in [-0.2, -0.15) is 0 Å². The number of halogens is 1. The molecule has 2 N–H and O–H groups in total. The molecule has 27 heavy (non-hydrogen) atoms. The smallest absolute Gasteiger partial charge is 0.306 e. The molecule has 0 bridgehead atoms. The zero-order valence-corrected chi connectivity index (χ0v) is 16.7. The minimum atomic E-state index is -0.609. The van der Waals surface area contributed by atoms with Crippen LogP contribution in [0.5, 0.6) is 0 Å². The normalized spacial score (nSPS) is 10.3. The maximum absolute atomic E-state index is 11.9. The number of rotatable bonds is 8. The van der Waals surface area contributed by atoms with Crippen molar-refractivity contribution in [3.8, 4) is 0 Å². The van der Waals surface area contributed by atoms with Gasteiger partial charge in [0.25, 0.3) is 5.91 Å². The molecule has 1 heterocycles. The number of carbonyl (C=O) groups excluding carboxylic acids is 3. The molecular formula is C19H21BrN2O5. The van der Waals surface area contributed by atoms with Gasteiger partial charge in [-0.05, 0) is 49.2 Å². The van der Waals surface area contributed by atoms with Crippen molar-refractivity contribution < 1.29 is 23.5 Å². The van der Waals surface area contributed by atoms with Crippen LogP contribution in [0.3, 0.4) is 0 Å². The predicted octanol–water partition coefficient (Wildman–Crippen LogP) is 3.24. The van der Waals surface area contributed by atoms with Gasteiger partial charge in [-0.3, -0.25) is 14.4 Å². The number of furan rings is 1. The predicted molar refractivity (Wildman–Crippen MR) is 103 cm³/mol. The Morgan fingerprint density at radius 2 is 1.85 bits per heavy atom. The number of nitrogens with one attached hydrogen (secondary N) is 2. The number of hydrogen-bond acceptors (Lipinski definition) is 5. The van der Waals surface area contributed by atoms with E-state index in [0.717, 1.165) is 15.6 Å². The molecule has 2 aromatic rings. The molecule has 0 unspecified atom stereocenters. The quantitative estimate of drug-likeness (QED) is 0.618. The van der Waals surface area contributed by atoms with Crippen LogP contribution in [-0.2, 0) is 25.7 Å². The minimum absolute atomic E-state index is 0.0217. The molecule has 0 spiro atoms. The third kappa shape index (κ3) is 6.56. The molecule has 7 nitrogen and oxygen atoms in total. The van der Waals surface area contributed by atoms with Crippen LogP contribution in [0.2, 0.25) is 0 Å². The molecule has 2 rings (SSSR count). The van der Waals surface area contributed by atoms with Crippen LogP contribution in [-0.4, -0.2) is 24.4 Å². The molecule has 0 fully saturated rings. The van der Waals surface area contributed by atoms with E-state index >= 15 is 0 Å². The highest BCUT2D eigenvalue weighted by molar-refractivity contribution is 9.10. The molecule has 2 amide bonds. The third-order valence-corrected chi connectivity index (χ3v) is 4.81.